The molecule has 2 aromatic rings. The molecule has 0 bridgehead atoms. The molecule has 1 aromatic heterocycles. The van der Waals surface area contributed by atoms with E-state index < -0.39 is 5.82 Å². The lowest BCUT2D eigenvalue weighted by molar-refractivity contribution is -0.132. The molecule has 1 aliphatic rings. The van der Waals surface area contributed by atoms with Gasteiger partial charge in [-0.3, -0.25) is 4.79 Å². The topological polar surface area (TPSA) is 58.2 Å². The minimum atomic E-state index is -0.458. The van der Waals surface area contributed by atoms with E-state index in [9.17, 15) is 9.18 Å². The molecule has 0 radical (unpaired) electrons. The van der Waals surface area contributed by atoms with Crippen molar-refractivity contribution in [2.75, 3.05) is 19.7 Å². The maximum atomic E-state index is 13.4. The van der Waals surface area contributed by atoms with Crippen LogP contribution in [0.3, 0.4) is 0 Å². The standard InChI is InChI=1S/C16H18FN3O2/c1-11-8-18-16(19-11)12-6-7-20(9-12)15(21)10-22-14-5-3-2-4-13(14)17/h2-5,8,12H,6-7,9-10H2,1H3,(H,18,19). The molecule has 1 fully saturated rings. The molecule has 116 valence electrons. The molecule has 3 rings (SSSR count). The van der Waals surface area contributed by atoms with E-state index in [0.717, 1.165) is 17.9 Å². The summed E-state index contributed by atoms with van der Waals surface area (Å²) in [5.41, 5.74) is 1.02. The summed E-state index contributed by atoms with van der Waals surface area (Å²) in [5, 5.41) is 0. The summed E-state index contributed by atoms with van der Waals surface area (Å²) in [6.45, 7) is 3.09. The summed E-state index contributed by atoms with van der Waals surface area (Å²) >= 11 is 0. The lowest BCUT2D eigenvalue weighted by atomic mass is 10.1. The fraction of sp³-hybridized carbons (Fsp3) is 0.375. The molecular formula is C16H18FN3O2. The number of hydrogen-bond donors (Lipinski definition) is 1. The van der Waals surface area contributed by atoms with Crippen molar-refractivity contribution in [3.63, 3.8) is 0 Å². The van der Waals surface area contributed by atoms with Gasteiger partial charge in [0.2, 0.25) is 0 Å². The number of nitrogens with one attached hydrogen (secondary N) is 1. The quantitative estimate of drug-likeness (QED) is 0.942. The number of hydrogen-bond acceptors (Lipinski definition) is 3. The number of para-hydroxylation sites is 1. The van der Waals surface area contributed by atoms with Crippen molar-refractivity contribution in [2.24, 2.45) is 0 Å². The molecule has 22 heavy (non-hydrogen) atoms. The number of carbonyl (C=O) groups is 1. The molecule has 1 saturated heterocycles. The minimum absolute atomic E-state index is 0.105. The zero-order valence-corrected chi connectivity index (χ0v) is 12.4. The van der Waals surface area contributed by atoms with Crippen molar-refractivity contribution < 1.29 is 13.9 Å². The average molecular weight is 303 g/mol. The second-order valence-corrected chi connectivity index (χ2v) is 5.50. The van der Waals surface area contributed by atoms with Crippen LogP contribution >= 0.6 is 0 Å². The second kappa shape index (κ2) is 6.17. The lowest BCUT2D eigenvalue weighted by Gasteiger charge is -2.16. The Balaban J connectivity index is 1.54. The van der Waals surface area contributed by atoms with Crippen molar-refractivity contribution in [1.29, 1.82) is 0 Å². The number of benzene rings is 1. The second-order valence-electron chi connectivity index (χ2n) is 5.50. The fourth-order valence-corrected chi connectivity index (χ4v) is 2.64. The Hall–Kier alpha value is -2.37. The van der Waals surface area contributed by atoms with Crippen LogP contribution in [-0.2, 0) is 4.79 Å². The van der Waals surface area contributed by atoms with Crippen molar-refractivity contribution in [2.45, 2.75) is 19.3 Å². The van der Waals surface area contributed by atoms with E-state index in [4.69, 9.17) is 4.74 Å². The van der Waals surface area contributed by atoms with E-state index in [0.29, 0.717) is 13.1 Å². The van der Waals surface area contributed by atoms with Crippen LogP contribution in [0.1, 0.15) is 23.9 Å². The summed E-state index contributed by atoms with van der Waals surface area (Å²) < 4.78 is 18.7. The van der Waals surface area contributed by atoms with Crippen molar-refractivity contribution in [3.8, 4) is 5.75 Å². The Morgan fingerprint density at radius 2 is 2.32 bits per heavy atom. The van der Waals surface area contributed by atoms with Gasteiger partial charge in [0.15, 0.2) is 18.2 Å². The predicted molar refractivity (Wildman–Crippen MR) is 79.2 cm³/mol. The zero-order valence-electron chi connectivity index (χ0n) is 12.4. The lowest BCUT2D eigenvalue weighted by Crippen LogP contribution is -2.33. The van der Waals surface area contributed by atoms with Gasteiger partial charge in [-0.05, 0) is 25.5 Å². The fourth-order valence-electron chi connectivity index (χ4n) is 2.64. The number of ether oxygens (including phenoxy) is 1. The smallest absolute Gasteiger partial charge is 0.260 e. The number of halogens is 1. The molecule has 1 aromatic carbocycles. The van der Waals surface area contributed by atoms with Crippen LogP contribution in [0.15, 0.2) is 30.5 Å². The number of amides is 1. The van der Waals surface area contributed by atoms with Crippen LogP contribution < -0.4 is 4.74 Å². The monoisotopic (exact) mass is 303 g/mol. The van der Waals surface area contributed by atoms with Crippen molar-refractivity contribution >= 4 is 5.91 Å². The highest BCUT2D eigenvalue weighted by atomic mass is 19.1. The molecule has 1 N–H and O–H groups in total. The van der Waals surface area contributed by atoms with Crippen LogP contribution in [0.5, 0.6) is 5.75 Å². The molecule has 5 nitrogen and oxygen atoms in total. The average Bonchev–Trinajstić information content (AvgIpc) is 3.15. The Morgan fingerprint density at radius 3 is 3.05 bits per heavy atom. The third-order valence-electron chi connectivity index (χ3n) is 3.84. The van der Waals surface area contributed by atoms with Gasteiger partial charge < -0.3 is 14.6 Å². The third-order valence-corrected chi connectivity index (χ3v) is 3.84. The van der Waals surface area contributed by atoms with Gasteiger partial charge in [-0.15, -0.1) is 0 Å². The maximum absolute atomic E-state index is 13.4. The molecule has 2 heterocycles. The Morgan fingerprint density at radius 1 is 1.50 bits per heavy atom. The first kappa shape index (κ1) is 14.6. The number of aryl methyl sites for hydroxylation is 1. The number of rotatable bonds is 4. The first-order chi connectivity index (χ1) is 10.6. The number of carbonyl (C=O) groups excluding carboxylic acids is 1. The molecule has 1 amide bonds. The van der Waals surface area contributed by atoms with Gasteiger partial charge in [-0.1, -0.05) is 12.1 Å². The van der Waals surface area contributed by atoms with E-state index in [-0.39, 0.29) is 24.2 Å². The summed E-state index contributed by atoms with van der Waals surface area (Å²) in [7, 11) is 0. The first-order valence-electron chi connectivity index (χ1n) is 7.30. The van der Waals surface area contributed by atoms with E-state index in [1.165, 1.54) is 12.1 Å². The summed E-state index contributed by atoms with van der Waals surface area (Å²) in [5.74, 6) is 0.664. The molecular weight excluding hydrogens is 285 g/mol. The van der Waals surface area contributed by atoms with Gasteiger partial charge >= 0.3 is 0 Å². The molecule has 1 unspecified atom stereocenters. The van der Waals surface area contributed by atoms with Gasteiger partial charge in [0, 0.05) is 30.9 Å². The maximum Gasteiger partial charge on any atom is 0.260 e. The van der Waals surface area contributed by atoms with Crippen LogP contribution in [0.2, 0.25) is 0 Å². The molecule has 1 aliphatic heterocycles. The highest BCUT2D eigenvalue weighted by Gasteiger charge is 2.29. The van der Waals surface area contributed by atoms with E-state index in [1.54, 1.807) is 23.2 Å². The molecule has 0 spiro atoms. The predicted octanol–water partition coefficient (Wildman–Crippen LogP) is 2.25. The molecule has 1 atom stereocenters. The Kier molecular flexibility index (Phi) is 4.09. The van der Waals surface area contributed by atoms with Crippen molar-refractivity contribution in [1.82, 2.24) is 14.9 Å². The minimum Gasteiger partial charge on any atom is -0.481 e. The van der Waals surface area contributed by atoms with Crippen LogP contribution in [0, 0.1) is 12.7 Å². The van der Waals surface area contributed by atoms with Crippen LogP contribution in [0.4, 0.5) is 4.39 Å². The first-order valence-corrected chi connectivity index (χ1v) is 7.30. The summed E-state index contributed by atoms with van der Waals surface area (Å²) in [6.07, 6.45) is 2.67. The largest absolute Gasteiger partial charge is 0.481 e. The number of aromatic nitrogens is 2. The van der Waals surface area contributed by atoms with Gasteiger partial charge in [0.1, 0.15) is 5.82 Å². The SMILES string of the molecule is Cc1cnc(C2CCN(C(=O)COc3ccccc3F)C2)[nH]1. The van der Waals surface area contributed by atoms with Gasteiger partial charge in [0.25, 0.3) is 5.91 Å². The molecule has 6 heteroatoms. The van der Waals surface area contributed by atoms with Crippen LogP contribution in [-0.4, -0.2) is 40.5 Å². The van der Waals surface area contributed by atoms with Gasteiger partial charge in [-0.2, -0.15) is 0 Å². The van der Waals surface area contributed by atoms with E-state index >= 15 is 0 Å². The highest BCUT2D eigenvalue weighted by molar-refractivity contribution is 5.78. The Labute approximate surface area is 128 Å². The number of nitrogens with zero attached hydrogens (tertiary/aromatic N) is 2. The number of likely N-dealkylation sites (tertiary alicyclic amines) is 1. The summed E-state index contributed by atoms with van der Waals surface area (Å²) in [6, 6.07) is 6.08. The van der Waals surface area contributed by atoms with E-state index in [1.807, 2.05) is 6.92 Å². The third kappa shape index (κ3) is 3.10. The van der Waals surface area contributed by atoms with Gasteiger partial charge in [-0.25, -0.2) is 9.37 Å². The number of aromatic amines is 1. The van der Waals surface area contributed by atoms with Crippen LogP contribution in [0.25, 0.3) is 0 Å². The summed E-state index contributed by atoms with van der Waals surface area (Å²) in [4.78, 5) is 21.4. The number of H-pyrrole nitrogens is 1. The molecule has 0 saturated carbocycles. The highest BCUT2D eigenvalue weighted by Crippen LogP contribution is 2.25. The normalized spacial score (nSPS) is 17.7. The van der Waals surface area contributed by atoms with E-state index in [2.05, 4.69) is 9.97 Å². The Bertz CT molecular complexity index is 671. The number of imidazole rings is 1. The van der Waals surface area contributed by atoms with Crippen molar-refractivity contribution in [3.05, 3.63) is 47.8 Å². The molecule has 0 aliphatic carbocycles. The van der Waals surface area contributed by atoms with Gasteiger partial charge in [0.05, 0.1) is 0 Å². The zero-order chi connectivity index (χ0) is 15.5.